The van der Waals surface area contributed by atoms with E-state index in [-0.39, 0.29) is 12.6 Å². The summed E-state index contributed by atoms with van der Waals surface area (Å²) in [6, 6.07) is 0.220. The third kappa shape index (κ3) is 5.41. The number of rotatable bonds is 8. The van der Waals surface area contributed by atoms with Crippen LogP contribution in [0.25, 0.3) is 0 Å². The highest BCUT2D eigenvalue weighted by Gasteiger charge is 2.29. The number of amides is 2. The summed E-state index contributed by atoms with van der Waals surface area (Å²) in [7, 11) is 0. The molecule has 0 radical (unpaired) electrons. The zero-order chi connectivity index (χ0) is 18.2. The molecule has 0 spiro atoms. The highest BCUT2D eigenvalue weighted by molar-refractivity contribution is 7.13. The van der Waals surface area contributed by atoms with Crippen LogP contribution in [0.2, 0.25) is 0 Å². The van der Waals surface area contributed by atoms with Gasteiger partial charge < -0.3 is 14.7 Å². The molecule has 1 aromatic rings. The molecule has 7 heteroatoms. The molecule has 6 nitrogen and oxygen atoms in total. The molecule has 2 aliphatic rings. The number of thiazole rings is 1. The van der Waals surface area contributed by atoms with Gasteiger partial charge in [-0.2, -0.15) is 0 Å². The summed E-state index contributed by atoms with van der Waals surface area (Å²) >= 11 is 1.53. The van der Waals surface area contributed by atoms with Gasteiger partial charge in [0.05, 0.1) is 25.5 Å². The molecule has 0 bridgehead atoms. The minimum Gasteiger partial charge on any atom is -0.394 e. The Hall–Kier alpha value is -1.18. The van der Waals surface area contributed by atoms with Crippen molar-refractivity contribution in [2.45, 2.75) is 69.7 Å². The average molecular weight is 382 g/mol. The Kier molecular flexibility index (Phi) is 7.70. The fraction of sp³-hybridized carbons (Fsp3) is 0.789. The van der Waals surface area contributed by atoms with Crippen LogP contribution in [0.3, 0.4) is 0 Å². The first-order valence-corrected chi connectivity index (χ1v) is 10.9. The topological polar surface area (TPSA) is 74.7 Å². The predicted octanol–water partition coefficient (Wildman–Crippen LogP) is 3.98. The number of anilines is 1. The first-order chi connectivity index (χ1) is 12.8. The normalized spacial score (nSPS) is 19.0. The van der Waals surface area contributed by atoms with Gasteiger partial charge >= 0.3 is 6.03 Å². The van der Waals surface area contributed by atoms with E-state index in [1.807, 2.05) is 4.90 Å². The Morgan fingerprint density at radius 2 is 1.96 bits per heavy atom. The van der Waals surface area contributed by atoms with Crippen LogP contribution in [0.15, 0.2) is 5.38 Å². The highest BCUT2D eigenvalue weighted by atomic mass is 32.1. The van der Waals surface area contributed by atoms with E-state index in [0.717, 1.165) is 18.5 Å². The van der Waals surface area contributed by atoms with E-state index in [4.69, 9.17) is 14.8 Å². The molecule has 1 aromatic heterocycles. The van der Waals surface area contributed by atoms with Crippen LogP contribution in [-0.4, -0.2) is 53.4 Å². The van der Waals surface area contributed by atoms with Crippen LogP contribution >= 0.6 is 11.3 Å². The van der Waals surface area contributed by atoms with E-state index in [9.17, 15) is 4.79 Å². The number of nitrogens with zero attached hydrogens (tertiary/aromatic N) is 2. The van der Waals surface area contributed by atoms with Crippen LogP contribution in [-0.2, 0) is 4.74 Å². The molecule has 0 atom stereocenters. The molecule has 2 amide bonds. The van der Waals surface area contributed by atoms with E-state index in [2.05, 4.69) is 10.7 Å². The maximum Gasteiger partial charge on any atom is 0.323 e. The van der Waals surface area contributed by atoms with Gasteiger partial charge in [-0.3, -0.25) is 5.32 Å². The second-order valence-corrected chi connectivity index (χ2v) is 8.17. The first kappa shape index (κ1) is 19.6. The van der Waals surface area contributed by atoms with Crippen LogP contribution < -0.4 is 5.32 Å². The lowest BCUT2D eigenvalue weighted by molar-refractivity contribution is 0.0639. The lowest BCUT2D eigenvalue weighted by Gasteiger charge is -2.37. The summed E-state index contributed by atoms with van der Waals surface area (Å²) in [5, 5.41) is 14.6. The summed E-state index contributed by atoms with van der Waals surface area (Å²) in [4.78, 5) is 19.3. The molecule has 2 fully saturated rings. The summed E-state index contributed by atoms with van der Waals surface area (Å²) in [6.07, 6.45) is 10.9. The van der Waals surface area contributed by atoms with Gasteiger partial charge in [-0.1, -0.05) is 25.7 Å². The van der Waals surface area contributed by atoms with Crippen LogP contribution in [0.4, 0.5) is 9.93 Å². The lowest BCUT2D eigenvalue weighted by Crippen LogP contribution is -2.47. The molecule has 26 heavy (non-hydrogen) atoms. The number of aliphatic hydroxyl groups is 1. The van der Waals surface area contributed by atoms with Gasteiger partial charge in [0.15, 0.2) is 5.13 Å². The quantitative estimate of drug-likeness (QED) is 0.528. The Bertz CT molecular complexity index is 554. The minimum absolute atomic E-state index is 0.0126. The third-order valence-corrected chi connectivity index (χ3v) is 6.27. The van der Waals surface area contributed by atoms with Crippen LogP contribution in [0.5, 0.6) is 0 Å². The lowest BCUT2D eigenvalue weighted by atomic mass is 9.92. The number of urea groups is 1. The monoisotopic (exact) mass is 381 g/mol. The number of ether oxygens (including phenoxy) is 1. The Balaban J connectivity index is 1.54. The molecule has 2 N–H and O–H groups in total. The van der Waals surface area contributed by atoms with E-state index < -0.39 is 0 Å². The SMILES string of the molecule is O=C(Nc1nc(C2CCCCCC2)cs1)N(CCOCCO)C1CCC1. The second kappa shape index (κ2) is 10.2. The molecule has 1 heterocycles. The maximum atomic E-state index is 12.7. The molecule has 0 aromatic carbocycles. The third-order valence-electron chi connectivity index (χ3n) is 5.50. The molecule has 146 valence electrons. The van der Waals surface area contributed by atoms with Gasteiger partial charge in [-0.25, -0.2) is 9.78 Å². The fourth-order valence-electron chi connectivity index (χ4n) is 3.75. The largest absolute Gasteiger partial charge is 0.394 e. The Morgan fingerprint density at radius 1 is 1.19 bits per heavy atom. The number of hydrogen-bond donors (Lipinski definition) is 2. The van der Waals surface area contributed by atoms with Crippen molar-refractivity contribution in [1.29, 1.82) is 0 Å². The number of carbonyl (C=O) groups excluding carboxylic acids is 1. The molecular weight excluding hydrogens is 350 g/mol. The molecule has 2 aliphatic carbocycles. The fourth-order valence-corrected chi connectivity index (χ4v) is 4.53. The van der Waals surface area contributed by atoms with Gasteiger partial charge in [-0.05, 0) is 32.1 Å². The van der Waals surface area contributed by atoms with Crippen molar-refractivity contribution in [2.24, 2.45) is 0 Å². The van der Waals surface area contributed by atoms with Crippen molar-refractivity contribution in [1.82, 2.24) is 9.88 Å². The smallest absolute Gasteiger partial charge is 0.323 e. The summed E-state index contributed by atoms with van der Waals surface area (Å²) in [6.45, 7) is 1.34. The highest BCUT2D eigenvalue weighted by Crippen LogP contribution is 2.33. The molecule has 2 saturated carbocycles. The van der Waals surface area contributed by atoms with E-state index in [1.165, 1.54) is 56.3 Å². The van der Waals surface area contributed by atoms with Crippen LogP contribution in [0.1, 0.15) is 69.4 Å². The zero-order valence-corrected chi connectivity index (χ0v) is 16.3. The molecule has 0 aliphatic heterocycles. The molecule has 0 saturated heterocycles. The summed E-state index contributed by atoms with van der Waals surface area (Å²) < 4.78 is 5.34. The van der Waals surface area contributed by atoms with Crippen LogP contribution in [0, 0.1) is 0 Å². The summed E-state index contributed by atoms with van der Waals surface area (Å²) in [5.74, 6) is 0.550. The van der Waals surface area contributed by atoms with Crippen molar-refractivity contribution in [3.05, 3.63) is 11.1 Å². The van der Waals surface area contributed by atoms with Crippen molar-refractivity contribution < 1.29 is 14.6 Å². The first-order valence-electron chi connectivity index (χ1n) is 9.99. The van der Waals surface area contributed by atoms with Gasteiger partial charge in [-0.15, -0.1) is 11.3 Å². The van der Waals surface area contributed by atoms with E-state index in [1.54, 1.807) is 0 Å². The number of aromatic nitrogens is 1. The minimum atomic E-state index is -0.0796. The molecule has 3 rings (SSSR count). The Morgan fingerprint density at radius 3 is 2.62 bits per heavy atom. The van der Waals surface area contributed by atoms with Crippen molar-refractivity contribution in [3.63, 3.8) is 0 Å². The van der Waals surface area contributed by atoms with Gasteiger partial charge in [0.25, 0.3) is 0 Å². The van der Waals surface area contributed by atoms with E-state index >= 15 is 0 Å². The number of carbonyl (C=O) groups is 1. The number of nitrogens with one attached hydrogen (secondary N) is 1. The number of hydrogen-bond acceptors (Lipinski definition) is 5. The second-order valence-electron chi connectivity index (χ2n) is 7.31. The van der Waals surface area contributed by atoms with Crippen molar-refractivity contribution >= 4 is 22.5 Å². The van der Waals surface area contributed by atoms with Crippen molar-refractivity contribution in [2.75, 3.05) is 31.7 Å². The predicted molar refractivity (Wildman–Crippen MR) is 104 cm³/mol. The Labute approximate surface area is 159 Å². The summed E-state index contributed by atoms with van der Waals surface area (Å²) in [5.41, 5.74) is 1.15. The van der Waals surface area contributed by atoms with Gasteiger partial charge in [0.2, 0.25) is 0 Å². The zero-order valence-electron chi connectivity index (χ0n) is 15.5. The van der Waals surface area contributed by atoms with Gasteiger partial charge in [0.1, 0.15) is 0 Å². The standard InChI is InChI=1S/C19H31N3O3S/c23-11-13-25-12-10-22(16-8-5-9-16)19(24)21-18-20-17(14-26-18)15-6-3-1-2-4-7-15/h14-16,23H,1-13H2,(H,20,21,24). The average Bonchev–Trinajstić information content (AvgIpc) is 2.88. The molecular formula is C19H31N3O3S. The molecule has 0 unspecified atom stereocenters. The number of aliphatic hydroxyl groups excluding tert-OH is 1. The van der Waals surface area contributed by atoms with Gasteiger partial charge in [0, 0.05) is 23.9 Å². The maximum absolute atomic E-state index is 12.7. The van der Waals surface area contributed by atoms with E-state index in [0.29, 0.717) is 36.8 Å². The van der Waals surface area contributed by atoms with Crippen molar-refractivity contribution in [3.8, 4) is 0 Å².